The second kappa shape index (κ2) is 8.15. The molecule has 25 heavy (non-hydrogen) atoms. The standard InChI is InChI=1S/C17H20N4O3S/c22-15(20-14-7-5-13(6-8-14)16(23)24)12-3-1-11(2-4-12)9-25-17-18-10-19-21-17/h1-4,10,13-14H,5-9H2,(H,20,22)(H,23,24)(H,18,19,21). The maximum Gasteiger partial charge on any atom is 0.306 e. The number of hydrogen-bond acceptors (Lipinski definition) is 5. The van der Waals surface area contributed by atoms with Crippen molar-refractivity contribution in [2.45, 2.75) is 42.6 Å². The van der Waals surface area contributed by atoms with Gasteiger partial charge in [-0.1, -0.05) is 23.9 Å². The molecule has 2 aromatic rings. The Kier molecular flexibility index (Phi) is 5.70. The van der Waals surface area contributed by atoms with Crippen LogP contribution in [0.3, 0.4) is 0 Å². The SMILES string of the molecule is O=C(NC1CCC(C(=O)O)CC1)c1ccc(CSc2ncn[nH]2)cc1. The van der Waals surface area contributed by atoms with Gasteiger partial charge in [-0.05, 0) is 43.4 Å². The first kappa shape index (κ1) is 17.5. The van der Waals surface area contributed by atoms with Crippen molar-refractivity contribution in [1.29, 1.82) is 0 Å². The van der Waals surface area contributed by atoms with Gasteiger partial charge in [0.05, 0.1) is 5.92 Å². The van der Waals surface area contributed by atoms with Crippen LogP contribution in [0, 0.1) is 5.92 Å². The van der Waals surface area contributed by atoms with Crippen LogP contribution in [-0.4, -0.2) is 38.2 Å². The Morgan fingerprint density at radius 1 is 1.20 bits per heavy atom. The zero-order valence-electron chi connectivity index (χ0n) is 13.6. The van der Waals surface area contributed by atoms with E-state index in [2.05, 4.69) is 20.5 Å². The number of carboxylic acid groups (broad SMARTS) is 1. The van der Waals surface area contributed by atoms with Crippen molar-refractivity contribution in [1.82, 2.24) is 20.5 Å². The number of aromatic nitrogens is 3. The van der Waals surface area contributed by atoms with Crippen molar-refractivity contribution >= 4 is 23.6 Å². The van der Waals surface area contributed by atoms with E-state index in [9.17, 15) is 9.59 Å². The number of rotatable bonds is 6. The van der Waals surface area contributed by atoms with Crippen LogP contribution < -0.4 is 5.32 Å². The minimum atomic E-state index is -0.733. The van der Waals surface area contributed by atoms with Crippen LogP contribution in [0.1, 0.15) is 41.6 Å². The van der Waals surface area contributed by atoms with Crippen LogP contribution in [0.2, 0.25) is 0 Å². The number of thioether (sulfide) groups is 1. The lowest BCUT2D eigenvalue weighted by atomic mass is 9.86. The highest BCUT2D eigenvalue weighted by Gasteiger charge is 2.26. The molecule has 3 rings (SSSR count). The van der Waals surface area contributed by atoms with Gasteiger partial charge >= 0.3 is 5.97 Å². The number of carboxylic acids is 1. The predicted molar refractivity (Wildman–Crippen MR) is 93.2 cm³/mol. The number of H-pyrrole nitrogens is 1. The Morgan fingerprint density at radius 3 is 2.52 bits per heavy atom. The quantitative estimate of drug-likeness (QED) is 0.683. The van der Waals surface area contributed by atoms with Crippen molar-refractivity contribution in [3.05, 3.63) is 41.7 Å². The molecular weight excluding hydrogens is 340 g/mol. The Labute approximate surface area is 149 Å². The molecule has 1 aliphatic carbocycles. The molecule has 1 aromatic heterocycles. The number of aromatic amines is 1. The molecule has 7 nitrogen and oxygen atoms in total. The van der Waals surface area contributed by atoms with E-state index in [0.29, 0.717) is 31.2 Å². The number of carbonyl (C=O) groups excluding carboxylic acids is 1. The van der Waals surface area contributed by atoms with E-state index in [1.807, 2.05) is 24.3 Å². The summed E-state index contributed by atoms with van der Waals surface area (Å²) >= 11 is 1.55. The fourth-order valence-corrected chi connectivity index (χ4v) is 3.66. The molecule has 132 valence electrons. The Balaban J connectivity index is 1.48. The lowest BCUT2D eigenvalue weighted by molar-refractivity contribution is -0.142. The van der Waals surface area contributed by atoms with Gasteiger partial charge in [-0.15, -0.1) is 0 Å². The van der Waals surface area contributed by atoms with Crippen LogP contribution >= 0.6 is 11.8 Å². The Morgan fingerprint density at radius 2 is 1.92 bits per heavy atom. The van der Waals surface area contributed by atoms with Gasteiger partial charge in [-0.3, -0.25) is 14.7 Å². The molecule has 0 aliphatic heterocycles. The maximum absolute atomic E-state index is 12.3. The van der Waals surface area contributed by atoms with Gasteiger partial charge in [-0.25, -0.2) is 4.98 Å². The van der Waals surface area contributed by atoms with Crippen molar-refractivity contribution in [2.24, 2.45) is 5.92 Å². The smallest absolute Gasteiger partial charge is 0.306 e. The summed E-state index contributed by atoms with van der Waals surface area (Å²) in [6.45, 7) is 0. The van der Waals surface area contributed by atoms with E-state index in [1.54, 1.807) is 11.8 Å². The number of hydrogen-bond donors (Lipinski definition) is 3. The predicted octanol–water partition coefficient (Wildman–Crippen LogP) is 2.47. The van der Waals surface area contributed by atoms with Gasteiger partial charge < -0.3 is 10.4 Å². The summed E-state index contributed by atoms with van der Waals surface area (Å²) < 4.78 is 0. The summed E-state index contributed by atoms with van der Waals surface area (Å²) in [7, 11) is 0. The molecule has 1 aliphatic rings. The zero-order chi connectivity index (χ0) is 17.6. The summed E-state index contributed by atoms with van der Waals surface area (Å²) in [4.78, 5) is 27.3. The first-order valence-corrected chi connectivity index (χ1v) is 9.21. The average molecular weight is 360 g/mol. The fourth-order valence-electron chi connectivity index (χ4n) is 2.92. The molecule has 8 heteroatoms. The molecule has 0 bridgehead atoms. The maximum atomic E-state index is 12.3. The molecule has 0 unspecified atom stereocenters. The normalized spacial score (nSPS) is 20.2. The summed E-state index contributed by atoms with van der Waals surface area (Å²) in [5, 5.41) is 19.4. The third kappa shape index (κ3) is 4.82. The number of aliphatic carboxylic acids is 1. The molecule has 1 amide bonds. The Bertz CT molecular complexity index is 710. The summed E-state index contributed by atoms with van der Waals surface area (Å²) in [5.74, 6) is -0.359. The number of nitrogens with one attached hydrogen (secondary N) is 2. The van der Waals surface area contributed by atoms with E-state index in [-0.39, 0.29) is 17.9 Å². The van der Waals surface area contributed by atoms with Crippen LogP contribution in [0.25, 0.3) is 0 Å². The van der Waals surface area contributed by atoms with E-state index in [0.717, 1.165) is 16.5 Å². The molecule has 3 N–H and O–H groups in total. The summed E-state index contributed by atoms with van der Waals surface area (Å²) in [5.41, 5.74) is 1.72. The van der Waals surface area contributed by atoms with Gasteiger partial charge in [0.2, 0.25) is 0 Å². The van der Waals surface area contributed by atoms with Gasteiger partial charge in [-0.2, -0.15) is 5.10 Å². The monoisotopic (exact) mass is 360 g/mol. The van der Waals surface area contributed by atoms with E-state index in [4.69, 9.17) is 5.11 Å². The third-order valence-electron chi connectivity index (χ3n) is 4.40. The first-order chi connectivity index (χ1) is 12.1. The molecule has 1 heterocycles. The van der Waals surface area contributed by atoms with Crippen molar-refractivity contribution < 1.29 is 14.7 Å². The van der Waals surface area contributed by atoms with E-state index in [1.165, 1.54) is 6.33 Å². The fraction of sp³-hybridized carbons (Fsp3) is 0.412. The lowest BCUT2D eigenvalue weighted by Gasteiger charge is -2.26. The number of nitrogens with zero attached hydrogens (tertiary/aromatic N) is 2. The minimum absolute atomic E-state index is 0.0600. The molecule has 1 aromatic carbocycles. The van der Waals surface area contributed by atoms with Crippen molar-refractivity contribution in [3.63, 3.8) is 0 Å². The molecule has 0 radical (unpaired) electrons. The Hall–Kier alpha value is -2.35. The van der Waals surface area contributed by atoms with Gasteiger partial charge in [0, 0.05) is 17.4 Å². The minimum Gasteiger partial charge on any atom is -0.481 e. The molecule has 1 fully saturated rings. The molecule has 0 spiro atoms. The van der Waals surface area contributed by atoms with E-state index < -0.39 is 5.97 Å². The first-order valence-electron chi connectivity index (χ1n) is 8.22. The highest BCUT2D eigenvalue weighted by Crippen LogP contribution is 2.25. The number of carbonyl (C=O) groups is 2. The average Bonchev–Trinajstić information content (AvgIpc) is 3.14. The molecule has 0 atom stereocenters. The molecular formula is C17H20N4O3S. The largest absolute Gasteiger partial charge is 0.481 e. The highest BCUT2D eigenvalue weighted by atomic mass is 32.2. The van der Waals surface area contributed by atoms with Crippen LogP contribution in [0.15, 0.2) is 35.7 Å². The topological polar surface area (TPSA) is 108 Å². The summed E-state index contributed by atoms with van der Waals surface area (Å²) in [6.07, 6.45) is 4.15. The number of amides is 1. The second-order valence-corrected chi connectivity index (χ2v) is 7.10. The van der Waals surface area contributed by atoms with Crippen molar-refractivity contribution in [3.8, 4) is 0 Å². The van der Waals surface area contributed by atoms with Crippen LogP contribution in [-0.2, 0) is 10.5 Å². The van der Waals surface area contributed by atoms with Gasteiger partial charge in [0.1, 0.15) is 6.33 Å². The third-order valence-corrected chi connectivity index (χ3v) is 5.34. The zero-order valence-corrected chi connectivity index (χ0v) is 14.5. The number of benzene rings is 1. The molecule has 1 saturated carbocycles. The summed E-state index contributed by atoms with van der Waals surface area (Å²) in [6, 6.07) is 7.55. The molecule has 0 saturated heterocycles. The van der Waals surface area contributed by atoms with Crippen LogP contribution in [0.5, 0.6) is 0 Å². The highest BCUT2D eigenvalue weighted by molar-refractivity contribution is 7.98. The van der Waals surface area contributed by atoms with Crippen LogP contribution in [0.4, 0.5) is 0 Å². The van der Waals surface area contributed by atoms with Gasteiger partial charge in [0.15, 0.2) is 5.16 Å². The van der Waals surface area contributed by atoms with Gasteiger partial charge in [0.25, 0.3) is 5.91 Å². The second-order valence-electron chi connectivity index (χ2n) is 6.14. The van der Waals surface area contributed by atoms with Crippen molar-refractivity contribution in [2.75, 3.05) is 0 Å². The lowest BCUT2D eigenvalue weighted by Crippen LogP contribution is -2.38. The van der Waals surface area contributed by atoms with E-state index >= 15 is 0 Å².